The average molecular weight is 255 g/mol. The van der Waals surface area contributed by atoms with Crippen LogP contribution in [-0.4, -0.2) is 34.1 Å². The summed E-state index contributed by atoms with van der Waals surface area (Å²) in [6, 6.07) is 8.44. The highest BCUT2D eigenvalue weighted by Gasteiger charge is 2.72. The van der Waals surface area contributed by atoms with E-state index >= 15 is 0 Å². The lowest BCUT2D eigenvalue weighted by Gasteiger charge is -2.30. The van der Waals surface area contributed by atoms with Gasteiger partial charge in [-0.15, -0.1) is 0 Å². The third-order valence-electron chi connectivity index (χ3n) is 5.10. The maximum absolute atomic E-state index is 10.7. The van der Waals surface area contributed by atoms with Crippen LogP contribution in [0.4, 0.5) is 0 Å². The van der Waals surface area contributed by atoms with Gasteiger partial charge in [0.05, 0.1) is 6.04 Å². The number of rotatable bonds is 3. The fourth-order valence-electron chi connectivity index (χ4n) is 4.07. The normalized spacial score (nSPS) is 43.1. The average Bonchev–Trinajstić information content (AvgIpc) is 2.96. The minimum absolute atomic E-state index is 0.235. The van der Waals surface area contributed by atoms with Crippen molar-refractivity contribution in [1.29, 1.82) is 0 Å². The van der Waals surface area contributed by atoms with Crippen molar-refractivity contribution in [2.45, 2.75) is 37.1 Å². The van der Waals surface area contributed by atoms with E-state index < -0.39 is 5.72 Å². The molecule has 3 heterocycles. The zero-order valence-corrected chi connectivity index (χ0v) is 10.9. The molecule has 1 N–H and O–H groups in total. The van der Waals surface area contributed by atoms with Crippen molar-refractivity contribution in [2.75, 3.05) is 0 Å². The van der Waals surface area contributed by atoms with Crippen molar-refractivity contribution in [3.8, 4) is 0 Å². The van der Waals surface area contributed by atoms with Crippen molar-refractivity contribution >= 4 is 6.29 Å². The van der Waals surface area contributed by atoms with Crippen molar-refractivity contribution in [1.82, 2.24) is 4.90 Å². The molecule has 0 saturated carbocycles. The fourth-order valence-corrected chi connectivity index (χ4v) is 4.07. The van der Waals surface area contributed by atoms with Crippen molar-refractivity contribution < 1.29 is 9.90 Å². The van der Waals surface area contributed by atoms with E-state index in [1.54, 1.807) is 0 Å². The standard InChI is InChI=1S/C16H17NO2/c1-10(12-4-2-11(9-18)3-5-12)15-13-6-7-14-16(19,8-13)17(14)15/h2-7,9-10,13-15,19H,8H2,1H3. The Bertz CT molecular complexity index is 565. The number of aldehydes is 1. The lowest BCUT2D eigenvalue weighted by Crippen LogP contribution is -2.33. The van der Waals surface area contributed by atoms with Gasteiger partial charge in [0.1, 0.15) is 12.0 Å². The number of carbonyl (C=O) groups excluding carboxylic acids is 1. The molecule has 6 atom stereocenters. The predicted molar refractivity (Wildman–Crippen MR) is 71.9 cm³/mol. The Morgan fingerprint density at radius 1 is 1.37 bits per heavy atom. The molecule has 1 aromatic carbocycles. The van der Waals surface area contributed by atoms with Crippen LogP contribution in [0.1, 0.15) is 35.2 Å². The van der Waals surface area contributed by atoms with Gasteiger partial charge < -0.3 is 5.11 Å². The van der Waals surface area contributed by atoms with Gasteiger partial charge in [-0.25, -0.2) is 0 Å². The molecule has 2 saturated heterocycles. The number of carbonyl (C=O) groups is 1. The van der Waals surface area contributed by atoms with Gasteiger partial charge in [-0.2, -0.15) is 0 Å². The first-order valence-corrected chi connectivity index (χ1v) is 6.89. The van der Waals surface area contributed by atoms with Crippen LogP contribution >= 0.6 is 0 Å². The van der Waals surface area contributed by atoms with Crippen molar-refractivity contribution in [2.24, 2.45) is 5.92 Å². The Hall–Kier alpha value is -1.45. The van der Waals surface area contributed by atoms with E-state index in [0.717, 1.165) is 12.7 Å². The molecule has 19 heavy (non-hydrogen) atoms. The Labute approximate surface area is 112 Å². The molecule has 1 aromatic rings. The van der Waals surface area contributed by atoms with Crippen LogP contribution in [0.15, 0.2) is 36.4 Å². The zero-order valence-electron chi connectivity index (χ0n) is 10.9. The van der Waals surface area contributed by atoms with Gasteiger partial charge in [0.25, 0.3) is 0 Å². The van der Waals surface area contributed by atoms with Gasteiger partial charge in [-0.1, -0.05) is 43.3 Å². The van der Waals surface area contributed by atoms with Crippen molar-refractivity contribution in [3.63, 3.8) is 0 Å². The van der Waals surface area contributed by atoms with Gasteiger partial charge in [-0.05, 0) is 23.8 Å². The quantitative estimate of drug-likeness (QED) is 0.510. The van der Waals surface area contributed by atoms with E-state index in [1.165, 1.54) is 5.56 Å². The lowest BCUT2D eigenvalue weighted by atomic mass is 9.80. The molecule has 5 rings (SSSR count). The molecule has 1 aliphatic carbocycles. The number of nitrogens with zero attached hydrogens (tertiary/aromatic N) is 1. The molecule has 4 aliphatic rings. The first-order valence-electron chi connectivity index (χ1n) is 6.89. The summed E-state index contributed by atoms with van der Waals surface area (Å²) in [6.07, 6.45) is 6.16. The maximum atomic E-state index is 10.7. The summed E-state index contributed by atoms with van der Waals surface area (Å²) in [5, 5.41) is 10.4. The number of hydrogen-bond acceptors (Lipinski definition) is 3. The summed E-state index contributed by atoms with van der Waals surface area (Å²) in [7, 11) is 0. The molecule has 0 aromatic heterocycles. The lowest BCUT2D eigenvalue weighted by molar-refractivity contribution is 0.101. The highest BCUT2D eigenvalue weighted by molar-refractivity contribution is 5.74. The number of aliphatic hydroxyl groups is 1. The van der Waals surface area contributed by atoms with Crippen LogP contribution in [0.5, 0.6) is 0 Å². The van der Waals surface area contributed by atoms with Gasteiger partial charge in [0, 0.05) is 11.6 Å². The van der Waals surface area contributed by atoms with Crippen LogP contribution in [-0.2, 0) is 0 Å². The van der Waals surface area contributed by atoms with E-state index in [1.807, 2.05) is 24.3 Å². The monoisotopic (exact) mass is 255 g/mol. The Balaban J connectivity index is 1.63. The molecule has 0 radical (unpaired) electrons. The minimum Gasteiger partial charge on any atom is -0.374 e. The third-order valence-corrected chi connectivity index (χ3v) is 5.10. The van der Waals surface area contributed by atoms with Gasteiger partial charge >= 0.3 is 0 Å². The molecule has 2 fully saturated rings. The summed E-state index contributed by atoms with van der Waals surface area (Å²) < 4.78 is 0. The topological polar surface area (TPSA) is 40.3 Å². The van der Waals surface area contributed by atoms with E-state index in [9.17, 15) is 9.90 Å². The van der Waals surface area contributed by atoms with Gasteiger partial charge in [0.2, 0.25) is 0 Å². The van der Waals surface area contributed by atoms with Gasteiger partial charge in [0.15, 0.2) is 0 Å². The van der Waals surface area contributed by atoms with E-state index in [4.69, 9.17) is 0 Å². The first kappa shape index (κ1) is 11.4. The Kier molecular flexibility index (Phi) is 2.13. The fraction of sp³-hybridized carbons (Fsp3) is 0.438. The highest BCUT2D eigenvalue weighted by Crippen LogP contribution is 2.60. The van der Waals surface area contributed by atoms with Crippen LogP contribution in [0.3, 0.4) is 0 Å². The summed E-state index contributed by atoms with van der Waals surface area (Å²) in [5.41, 5.74) is 1.40. The van der Waals surface area contributed by atoms with E-state index in [-0.39, 0.29) is 6.04 Å². The molecule has 0 spiro atoms. The van der Waals surface area contributed by atoms with Crippen LogP contribution < -0.4 is 0 Å². The second-order valence-electron chi connectivity index (χ2n) is 6.05. The van der Waals surface area contributed by atoms with E-state index in [2.05, 4.69) is 24.0 Å². The van der Waals surface area contributed by atoms with Crippen LogP contribution in [0, 0.1) is 5.92 Å². The van der Waals surface area contributed by atoms with Gasteiger partial charge in [-0.3, -0.25) is 9.69 Å². The largest absolute Gasteiger partial charge is 0.374 e. The molecule has 3 nitrogen and oxygen atoms in total. The molecule has 0 amide bonds. The Morgan fingerprint density at radius 3 is 2.63 bits per heavy atom. The highest BCUT2D eigenvalue weighted by atomic mass is 16.3. The maximum Gasteiger partial charge on any atom is 0.150 e. The van der Waals surface area contributed by atoms with Crippen molar-refractivity contribution in [3.05, 3.63) is 47.5 Å². The number of benzene rings is 1. The first-order chi connectivity index (χ1) is 9.15. The van der Waals surface area contributed by atoms with E-state index in [0.29, 0.717) is 23.4 Å². The predicted octanol–water partition coefficient (Wildman–Crippen LogP) is 1.93. The second-order valence-corrected chi connectivity index (χ2v) is 6.05. The minimum atomic E-state index is -0.554. The van der Waals surface area contributed by atoms with Crippen LogP contribution in [0.25, 0.3) is 0 Å². The smallest absolute Gasteiger partial charge is 0.150 e. The SMILES string of the molecule is CC(c1ccc(C=O)cc1)C1C2C=CC3N1C3(O)C2. The zero-order chi connectivity index (χ0) is 13.2. The summed E-state index contributed by atoms with van der Waals surface area (Å²) in [5.74, 6) is 0.824. The Morgan fingerprint density at radius 2 is 2.11 bits per heavy atom. The molecule has 3 aliphatic heterocycles. The van der Waals surface area contributed by atoms with Crippen LogP contribution in [0.2, 0.25) is 0 Å². The molecule has 4 bridgehead atoms. The molecule has 6 unspecified atom stereocenters. The number of hydrogen-bond donors (Lipinski definition) is 1. The molecular formula is C16H17NO2. The molecular weight excluding hydrogens is 238 g/mol. The molecule has 98 valence electrons. The number of piperidine rings is 1. The summed E-state index contributed by atoms with van der Waals surface area (Å²) >= 11 is 0. The third kappa shape index (κ3) is 1.37. The molecule has 3 heteroatoms. The second kappa shape index (κ2) is 3.56. The summed E-state index contributed by atoms with van der Waals surface area (Å²) in [4.78, 5) is 12.9. The summed E-state index contributed by atoms with van der Waals surface area (Å²) in [6.45, 7) is 2.22.